The summed E-state index contributed by atoms with van der Waals surface area (Å²) in [6, 6.07) is 0. The van der Waals surface area contributed by atoms with E-state index in [-0.39, 0.29) is 35.3 Å². The molecule has 0 aromatic heterocycles. The predicted molar refractivity (Wildman–Crippen MR) is 73.8 cm³/mol. The summed E-state index contributed by atoms with van der Waals surface area (Å²) in [6.45, 7) is 3.33. The molecule has 1 aromatic carbocycles. The van der Waals surface area contributed by atoms with Crippen molar-refractivity contribution in [1.82, 2.24) is 0 Å². The molecule has 1 aliphatic carbocycles. The minimum atomic E-state index is -0.727. The number of phenolic OH excluding ortho intramolecular Hbond substituents is 3. The Kier molecular flexibility index (Phi) is 3.63. The van der Waals surface area contributed by atoms with Gasteiger partial charge in [-0.25, -0.2) is 0 Å². The Morgan fingerprint density at radius 1 is 0.857 bits per heavy atom. The van der Waals surface area contributed by atoms with Crippen molar-refractivity contribution in [2.75, 3.05) is 7.11 Å². The smallest absolute Gasteiger partial charge is 0.232 e. The van der Waals surface area contributed by atoms with Gasteiger partial charge in [-0.3, -0.25) is 9.59 Å². The van der Waals surface area contributed by atoms with Gasteiger partial charge >= 0.3 is 0 Å². The number of rotatable bonds is 3. The van der Waals surface area contributed by atoms with E-state index in [1.54, 1.807) is 13.8 Å². The molecule has 6 heteroatoms. The molecular formula is C15H16O6. The molecule has 0 fully saturated rings. The van der Waals surface area contributed by atoms with Crippen LogP contribution in [0.4, 0.5) is 0 Å². The first-order valence-corrected chi connectivity index (χ1v) is 6.56. The van der Waals surface area contributed by atoms with Crippen LogP contribution in [0.15, 0.2) is 11.3 Å². The van der Waals surface area contributed by atoms with E-state index < -0.39 is 34.4 Å². The first-order valence-electron chi connectivity index (χ1n) is 6.56. The average molecular weight is 292 g/mol. The number of fused-ring (bicyclic) bond motifs is 1. The normalized spacial score (nSPS) is 14.4. The molecule has 0 saturated carbocycles. The molecule has 6 nitrogen and oxygen atoms in total. The number of aromatic hydroxyl groups is 3. The molecule has 21 heavy (non-hydrogen) atoms. The zero-order valence-electron chi connectivity index (χ0n) is 12.0. The fourth-order valence-electron chi connectivity index (χ4n) is 2.58. The average Bonchev–Trinajstić information content (AvgIpc) is 2.46. The number of ketones is 2. The summed E-state index contributed by atoms with van der Waals surface area (Å²) in [5, 5.41) is 30.1. The highest BCUT2D eigenvalue weighted by molar-refractivity contribution is 6.28. The van der Waals surface area contributed by atoms with Crippen LogP contribution in [-0.2, 0) is 11.2 Å². The lowest BCUT2D eigenvalue weighted by molar-refractivity contribution is 0.0897. The number of methoxy groups -OCH3 is 1. The molecule has 1 aliphatic rings. The van der Waals surface area contributed by atoms with Crippen molar-refractivity contribution in [2.24, 2.45) is 0 Å². The molecule has 112 valence electrons. The lowest BCUT2D eigenvalue weighted by atomic mass is 9.83. The van der Waals surface area contributed by atoms with Gasteiger partial charge < -0.3 is 20.1 Å². The van der Waals surface area contributed by atoms with E-state index in [9.17, 15) is 24.9 Å². The minimum Gasteiger partial charge on any atom is -0.507 e. The van der Waals surface area contributed by atoms with Gasteiger partial charge in [0.1, 0.15) is 5.75 Å². The number of ether oxygens (including phenoxy) is 1. The summed E-state index contributed by atoms with van der Waals surface area (Å²) in [4.78, 5) is 24.8. The maximum atomic E-state index is 12.5. The molecule has 0 bridgehead atoms. The van der Waals surface area contributed by atoms with Crippen molar-refractivity contribution in [3.8, 4) is 17.2 Å². The van der Waals surface area contributed by atoms with Gasteiger partial charge in [-0.05, 0) is 12.8 Å². The summed E-state index contributed by atoms with van der Waals surface area (Å²) in [7, 11) is 1.25. The molecule has 0 amide bonds. The zero-order valence-corrected chi connectivity index (χ0v) is 12.0. The maximum Gasteiger partial charge on any atom is 0.232 e. The molecule has 3 N–H and O–H groups in total. The van der Waals surface area contributed by atoms with Crippen LogP contribution < -0.4 is 0 Å². The monoisotopic (exact) mass is 292 g/mol. The number of phenols is 3. The molecule has 0 heterocycles. The highest BCUT2D eigenvalue weighted by Gasteiger charge is 2.39. The van der Waals surface area contributed by atoms with Crippen LogP contribution in [-0.4, -0.2) is 34.0 Å². The topological polar surface area (TPSA) is 104 Å². The van der Waals surface area contributed by atoms with E-state index in [1.807, 2.05) is 0 Å². The second kappa shape index (κ2) is 5.12. The first-order chi connectivity index (χ1) is 9.90. The van der Waals surface area contributed by atoms with Crippen molar-refractivity contribution in [3.63, 3.8) is 0 Å². The van der Waals surface area contributed by atoms with Gasteiger partial charge in [0, 0.05) is 11.1 Å². The molecule has 0 radical (unpaired) electrons. The summed E-state index contributed by atoms with van der Waals surface area (Å²) in [6.07, 6.45) is 0.442. The second-order valence-corrected chi connectivity index (χ2v) is 4.65. The van der Waals surface area contributed by atoms with Gasteiger partial charge in [-0.15, -0.1) is 0 Å². The SMILES string of the molecule is CCC1=C(OC)C(=O)c2c(O)c(O)c(CC)c(O)c2C1=O. The van der Waals surface area contributed by atoms with Crippen LogP contribution in [0.1, 0.15) is 46.5 Å². The van der Waals surface area contributed by atoms with E-state index in [0.29, 0.717) is 0 Å². The van der Waals surface area contributed by atoms with E-state index in [2.05, 4.69) is 0 Å². The van der Waals surface area contributed by atoms with Crippen molar-refractivity contribution in [2.45, 2.75) is 26.7 Å². The van der Waals surface area contributed by atoms with E-state index in [4.69, 9.17) is 4.74 Å². The van der Waals surface area contributed by atoms with E-state index in [0.717, 1.165) is 0 Å². The lowest BCUT2D eigenvalue weighted by Gasteiger charge is -2.23. The fourth-order valence-corrected chi connectivity index (χ4v) is 2.58. The Morgan fingerprint density at radius 2 is 1.43 bits per heavy atom. The van der Waals surface area contributed by atoms with Crippen LogP contribution >= 0.6 is 0 Å². The lowest BCUT2D eigenvalue weighted by Crippen LogP contribution is -2.23. The number of carbonyl (C=O) groups excluding carboxylic acids is 2. The van der Waals surface area contributed by atoms with Gasteiger partial charge in [0.05, 0.1) is 18.2 Å². The van der Waals surface area contributed by atoms with E-state index >= 15 is 0 Å². The van der Waals surface area contributed by atoms with Crippen molar-refractivity contribution < 1.29 is 29.6 Å². The van der Waals surface area contributed by atoms with Crippen molar-refractivity contribution >= 4 is 11.6 Å². The second-order valence-electron chi connectivity index (χ2n) is 4.65. The number of Topliss-reactive ketones (excluding diaryl/α,β-unsaturated/α-hetero) is 2. The summed E-state index contributed by atoms with van der Waals surface area (Å²) in [5.41, 5.74) is -0.521. The Labute approximate surface area is 121 Å². The molecule has 1 aromatic rings. The molecule has 2 rings (SSSR count). The number of benzene rings is 1. The van der Waals surface area contributed by atoms with Crippen LogP contribution in [0.2, 0.25) is 0 Å². The number of hydrogen-bond donors (Lipinski definition) is 3. The van der Waals surface area contributed by atoms with Gasteiger partial charge in [0.2, 0.25) is 5.78 Å². The Balaban J connectivity index is 2.90. The quantitative estimate of drug-likeness (QED) is 0.582. The molecule has 0 spiro atoms. The minimum absolute atomic E-state index is 0.0312. The molecular weight excluding hydrogens is 276 g/mol. The van der Waals surface area contributed by atoms with Crippen LogP contribution in [0.3, 0.4) is 0 Å². The molecule has 0 saturated heterocycles. The van der Waals surface area contributed by atoms with Crippen molar-refractivity contribution in [1.29, 1.82) is 0 Å². The van der Waals surface area contributed by atoms with Gasteiger partial charge in [-0.2, -0.15) is 0 Å². The van der Waals surface area contributed by atoms with Crippen LogP contribution in [0, 0.1) is 0 Å². The maximum absolute atomic E-state index is 12.5. The molecule has 0 unspecified atom stereocenters. The highest BCUT2D eigenvalue weighted by atomic mass is 16.5. The van der Waals surface area contributed by atoms with Gasteiger partial charge in [0.25, 0.3) is 0 Å². The van der Waals surface area contributed by atoms with Crippen LogP contribution in [0.25, 0.3) is 0 Å². The Morgan fingerprint density at radius 3 is 1.90 bits per heavy atom. The Hall–Kier alpha value is -2.50. The standard InChI is InChI=1S/C15H16O6/c1-4-6-10(16)8-9(13(19)12(6)18)14(20)15(21-3)7(5-2)11(8)17/h16,18-19H,4-5H2,1-3H3. The summed E-state index contributed by atoms with van der Waals surface area (Å²) < 4.78 is 4.96. The number of allylic oxidation sites excluding steroid dienone is 2. The summed E-state index contributed by atoms with van der Waals surface area (Å²) in [5.74, 6) is -3.25. The van der Waals surface area contributed by atoms with Crippen LogP contribution in [0.5, 0.6) is 17.2 Å². The third-order valence-electron chi connectivity index (χ3n) is 3.64. The summed E-state index contributed by atoms with van der Waals surface area (Å²) >= 11 is 0. The Bertz CT molecular complexity index is 684. The first kappa shape index (κ1) is 14.9. The molecule has 0 aliphatic heterocycles. The van der Waals surface area contributed by atoms with Gasteiger partial charge in [-0.1, -0.05) is 13.8 Å². The largest absolute Gasteiger partial charge is 0.507 e. The van der Waals surface area contributed by atoms with E-state index in [1.165, 1.54) is 7.11 Å². The van der Waals surface area contributed by atoms with Gasteiger partial charge in [0.15, 0.2) is 23.0 Å². The number of hydrogen-bond acceptors (Lipinski definition) is 6. The predicted octanol–water partition coefficient (Wildman–Crippen LogP) is 2.06. The van der Waals surface area contributed by atoms with Crippen molar-refractivity contribution in [3.05, 3.63) is 28.0 Å². The third kappa shape index (κ3) is 1.86. The highest BCUT2D eigenvalue weighted by Crippen LogP contribution is 2.46. The zero-order chi connectivity index (χ0) is 15.9. The molecule has 0 atom stereocenters. The third-order valence-corrected chi connectivity index (χ3v) is 3.64. The fraction of sp³-hybridized carbons (Fsp3) is 0.333. The number of carbonyl (C=O) groups is 2.